The van der Waals surface area contributed by atoms with Gasteiger partial charge in [-0.1, -0.05) is 41.7 Å². The molecule has 1 amide bonds. The van der Waals surface area contributed by atoms with Crippen LogP contribution < -0.4 is 9.80 Å². The van der Waals surface area contributed by atoms with Crippen LogP contribution in [0.2, 0.25) is 0 Å². The summed E-state index contributed by atoms with van der Waals surface area (Å²) >= 11 is 1.71. The van der Waals surface area contributed by atoms with Crippen LogP contribution in [0.4, 0.5) is 10.8 Å². The molecule has 25 heavy (non-hydrogen) atoms. The third-order valence-corrected chi connectivity index (χ3v) is 6.33. The number of thiazole rings is 1. The number of hydrogen-bond acceptors (Lipinski definition) is 4. The van der Waals surface area contributed by atoms with Crippen molar-refractivity contribution in [2.45, 2.75) is 19.4 Å². The number of nitrogens with zero attached hydrogens (tertiary/aromatic N) is 3. The summed E-state index contributed by atoms with van der Waals surface area (Å²) in [5, 5.41) is 1.03. The molecule has 5 rings (SSSR count). The second kappa shape index (κ2) is 5.56. The number of benzene rings is 2. The molecular weight excluding hydrogens is 330 g/mol. The van der Waals surface area contributed by atoms with E-state index in [0.29, 0.717) is 0 Å². The van der Waals surface area contributed by atoms with Crippen molar-refractivity contribution < 1.29 is 4.79 Å². The van der Waals surface area contributed by atoms with Gasteiger partial charge in [-0.05, 0) is 37.1 Å². The number of carbonyl (C=O) groups is 1. The first-order chi connectivity index (χ1) is 12.2. The molecule has 2 aromatic carbocycles. The fourth-order valence-corrected chi connectivity index (χ4v) is 4.87. The number of para-hydroxylation sites is 2. The van der Waals surface area contributed by atoms with Crippen molar-refractivity contribution >= 4 is 38.3 Å². The number of anilines is 2. The second-order valence-electron chi connectivity index (χ2n) is 6.96. The maximum Gasteiger partial charge on any atom is 0.233 e. The molecule has 1 fully saturated rings. The quantitative estimate of drug-likeness (QED) is 0.708. The summed E-state index contributed by atoms with van der Waals surface area (Å²) in [6.07, 6.45) is 0.955. The molecule has 0 saturated carbocycles. The molecule has 0 aliphatic carbocycles. The van der Waals surface area contributed by atoms with Crippen LogP contribution >= 0.6 is 11.3 Å². The fourth-order valence-electron chi connectivity index (χ4n) is 3.88. The van der Waals surface area contributed by atoms with Gasteiger partial charge in [0.25, 0.3) is 0 Å². The third kappa shape index (κ3) is 2.34. The molecule has 0 N–H and O–H groups in total. The Morgan fingerprint density at radius 3 is 2.72 bits per heavy atom. The average molecular weight is 349 g/mol. The van der Waals surface area contributed by atoms with Crippen LogP contribution in [0.3, 0.4) is 0 Å². The van der Waals surface area contributed by atoms with E-state index in [4.69, 9.17) is 4.98 Å². The van der Waals surface area contributed by atoms with Gasteiger partial charge in [0.15, 0.2) is 5.13 Å². The molecule has 1 saturated heterocycles. The highest BCUT2D eigenvalue weighted by Crippen LogP contribution is 2.37. The lowest BCUT2D eigenvalue weighted by Gasteiger charge is -2.40. The molecule has 3 heterocycles. The van der Waals surface area contributed by atoms with Crippen molar-refractivity contribution in [3.8, 4) is 0 Å². The smallest absolute Gasteiger partial charge is 0.233 e. The van der Waals surface area contributed by atoms with E-state index in [1.165, 1.54) is 10.3 Å². The van der Waals surface area contributed by atoms with Crippen LogP contribution in [0.15, 0.2) is 48.5 Å². The summed E-state index contributed by atoms with van der Waals surface area (Å²) in [6.45, 7) is 3.68. The van der Waals surface area contributed by atoms with Gasteiger partial charge in [-0.25, -0.2) is 4.98 Å². The first-order valence-corrected chi connectivity index (χ1v) is 9.54. The van der Waals surface area contributed by atoms with Gasteiger partial charge in [0.2, 0.25) is 5.91 Å². The van der Waals surface area contributed by atoms with E-state index in [-0.39, 0.29) is 17.9 Å². The Labute approximate surface area is 150 Å². The number of amides is 1. The number of rotatable bonds is 2. The van der Waals surface area contributed by atoms with E-state index >= 15 is 0 Å². The highest BCUT2D eigenvalue weighted by molar-refractivity contribution is 7.22. The molecule has 3 aromatic rings. The fraction of sp³-hybridized carbons (Fsp3) is 0.300. The zero-order valence-corrected chi connectivity index (χ0v) is 14.9. The Kier molecular flexibility index (Phi) is 3.31. The Morgan fingerprint density at radius 1 is 1.12 bits per heavy atom. The van der Waals surface area contributed by atoms with E-state index < -0.39 is 0 Å². The predicted octanol–water partition coefficient (Wildman–Crippen LogP) is 3.71. The molecule has 4 nitrogen and oxygen atoms in total. The van der Waals surface area contributed by atoms with Gasteiger partial charge in [0, 0.05) is 24.8 Å². The summed E-state index contributed by atoms with van der Waals surface area (Å²) in [6, 6.07) is 16.7. The van der Waals surface area contributed by atoms with E-state index in [1.54, 1.807) is 11.3 Å². The Hall–Kier alpha value is -2.40. The Bertz CT molecular complexity index is 927. The number of carbonyl (C=O) groups excluding carboxylic acids is 1. The lowest BCUT2D eigenvalue weighted by Crippen LogP contribution is -2.55. The second-order valence-corrected chi connectivity index (χ2v) is 7.97. The molecule has 5 heteroatoms. The summed E-state index contributed by atoms with van der Waals surface area (Å²) in [7, 11) is 0. The normalized spacial score (nSPS) is 20.0. The molecule has 1 unspecified atom stereocenters. The van der Waals surface area contributed by atoms with Crippen molar-refractivity contribution in [2.24, 2.45) is 5.92 Å². The topological polar surface area (TPSA) is 36.4 Å². The largest absolute Gasteiger partial charge is 0.346 e. The van der Waals surface area contributed by atoms with Gasteiger partial charge >= 0.3 is 0 Å². The number of aromatic nitrogens is 1. The van der Waals surface area contributed by atoms with E-state index in [0.717, 1.165) is 35.8 Å². The highest BCUT2D eigenvalue weighted by atomic mass is 32.1. The van der Waals surface area contributed by atoms with Crippen LogP contribution in [0.25, 0.3) is 10.2 Å². The summed E-state index contributed by atoms with van der Waals surface area (Å²) < 4.78 is 1.20. The average Bonchev–Trinajstić information content (AvgIpc) is 3.12. The minimum atomic E-state index is 0.0700. The van der Waals surface area contributed by atoms with Crippen LogP contribution in [-0.4, -0.2) is 30.0 Å². The Balaban J connectivity index is 1.32. The number of hydrogen-bond donors (Lipinski definition) is 0. The molecule has 2 aliphatic heterocycles. The van der Waals surface area contributed by atoms with Crippen LogP contribution in [0, 0.1) is 5.92 Å². The summed E-state index contributed by atoms with van der Waals surface area (Å²) in [4.78, 5) is 22.0. The summed E-state index contributed by atoms with van der Waals surface area (Å²) in [5.74, 6) is 0.329. The minimum Gasteiger partial charge on any atom is -0.346 e. The van der Waals surface area contributed by atoms with Gasteiger partial charge in [-0.2, -0.15) is 0 Å². The van der Waals surface area contributed by atoms with Crippen molar-refractivity contribution in [3.05, 3.63) is 54.1 Å². The van der Waals surface area contributed by atoms with Gasteiger partial charge < -0.3 is 9.80 Å². The molecule has 0 bridgehead atoms. The molecule has 126 valence electrons. The van der Waals surface area contributed by atoms with Gasteiger partial charge in [0.05, 0.1) is 16.1 Å². The van der Waals surface area contributed by atoms with Crippen LogP contribution in [0.1, 0.15) is 12.5 Å². The van der Waals surface area contributed by atoms with Gasteiger partial charge in [-0.3, -0.25) is 4.79 Å². The van der Waals surface area contributed by atoms with E-state index in [2.05, 4.69) is 36.1 Å². The van der Waals surface area contributed by atoms with Crippen molar-refractivity contribution in [1.29, 1.82) is 0 Å². The van der Waals surface area contributed by atoms with Gasteiger partial charge in [-0.15, -0.1) is 0 Å². The molecular formula is C20H19N3OS. The molecule has 2 aliphatic rings. The van der Waals surface area contributed by atoms with E-state index in [1.807, 2.05) is 29.2 Å². The molecule has 0 radical (unpaired) electrons. The molecule has 0 spiro atoms. The lowest BCUT2D eigenvalue weighted by atomic mass is 9.98. The lowest BCUT2D eigenvalue weighted by molar-refractivity contribution is -0.123. The van der Waals surface area contributed by atoms with E-state index in [9.17, 15) is 4.79 Å². The monoisotopic (exact) mass is 349 g/mol. The van der Waals surface area contributed by atoms with Crippen molar-refractivity contribution in [1.82, 2.24) is 4.98 Å². The zero-order valence-electron chi connectivity index (χ0n) is 14.1. The van der Waals surface area contributed by atoms with Gasteiger partial charge in [0.1, 0.15) is 0 Å². The minimum absolute atomic E-state index is 0.0700. The molecule has 1 aromatic heterocycles. The molecule has 1 atom stereocenters. The zero-order chi connectivity index (χ0) is 17.0. The SMILES string of the molecule is CC1Cc2ccccc2N1C(=O)C1CN(c2nc3ccccc3s2)C1. The highest BCUT2D eigenvalue weighted by Gasteiger charge is 2.40. The predicted molar refractivity (Wildman–Crippen MR) is 102 cm³/mol. The third-order valence-electron chi connectivity index (χ3n) is 5.23. The van der Waals surface area contributed by atoms with Crippen LogP contribution in [-0.2, 0) is 11.2 Å². The van der Waals surface area contributed by atoms with Crippen molar-refractivity contribution in [3.63, 3.8) is 0 Å². The van der Waals surface area contributed by atoms with Crippen molar-refractivity contribution in [2.75, 3.05) is 22.9 Å². The maximum atomic E-state index is 13.0. The Morgan fingerprint density at radius 2 is 1.88 bits per heavy atom. The number of fused-ring (bicyclic) bond motifs is 2. The first-order valence-electron chi connectivity index (χ1n) is 8.72. The summed E-state index contributed by atoms with van der Waals surface area (Å²) in [5.41, 5.74) is 3.42. The first kappa shape index (κ1) is 14.9. The van der Waals surface area contributed by atoms with Crippen LogP contribution in [0.5, 0.6) is 0 Å². The maximum absolute atomic E-state index is 13.0. The standard InChI is InChI=1S/C20H19N3OS/c1-13-10-14-6-2-4-8-17(14)23(13)19(24)15-11-22(12-15)20-21-16-7-3-5-9-18(16)25-20/h2-9,13,15H,10-12H2,1H3.